The molecule has 0 aliphatic carbocycles. The molecule has 2 rings (SSSR count). The van der Waals surface area contributed by atoms with E-state index in [0.29, 0.717) is 40.1 Å². The quantitative estimate of drug-likeness (QED) is 0.290. The van der Waals surface area contributed by atoms with Gasteiger partial charge in [0.15, 0.2) is 5.96 Å². The van der Waals surface area contributed by atoms with Gasteiger partial charge in [-0.15, -0.1) is 35.3 Å². The Bertz CT molecular complexity index is 720. The van der Waals surface area contributed by atoms with Gasteiger partial charge in [-0.1, -0.05) is 34.8 Å². The largest absolute Gasteiger partial charge is 0.386 e. The molecule has 25 heavy (non-hydrogen) atoms. The average molecular weight is 538 g/mol. The van der Waals surface area contributed by atoms with E-state index in [1.165, 1.54) is 11.3 Å². The maximum Gasteiger partial charge on any atom is 0.191 e. The first-order valence-electron chi connectivity index (χ1n) is 7.37. The number of aromatic nitrogens is 1. The molecule has 0 aromatic carbocycles. The predicted octanol–water partition coefficient (Wildman–Crippen LogP) is 4.45. The second-order valence-electron chi connectivity index (χ2n) is 5.07. The van der Waals surface area contributed by atoms with Crippen molar-refractivity contribution in [1.29, 1.82) is 0 Å². The SMILES string of the molecule is CCNC(=NCc1cc(Cl)c(Cl)n1C)NCC(O)c1ccc(Cl)s1.I. The van der Waals surface area contributed by atoms with E-state index in [1.807, 2.05) is 20.0 Å². The van der Waals surface area contributed by atoms with E-state index in [-0.39, 0.29) is 24.0 Å². The van der Waals surface area contributed by atoms with E-state index in [1.54, 1.807) is 16.7 Å². The summed E-state index contributed by atoms with van der Waals surface area (Å²) in [6, 6.07) is 5.38. The molecule has 5 nitrogen and oxygen atoms in total. The highest BCUT2D eigenvalue weighted by atomic mass is 127. The number of nitrogens with one attached hydrogen (secondary N) is 2. The van der Waals surface area contributed by atoms with Gasteiger partial charge >= 0.3 is 0 Å². The zero-order valence-electron chi connectivity index (χ0n) is 13.7. The highest BCUT2D eigenvalue weighted by molar-refractivity contribution is 14.0. The van der Waals surface area contributed by atoms with Gasteiger partial charge in [0.1, 0.15) is 11.3 Å². The van der Waals surface area contributed by atoms with Crippen molar-refractivity contribution >= 4 is 76.1 Å². The Hall–Kier alpha value is -0.190. The Balaban J connectivity index is 0.00000312. The minimum absolute atomic E-state index is 0. The van der Waals surface area contributed by atoms with Gasteiger partial charge in [-0.05, 0) is 25.1 Å². The van der Waals surface area contributed by atoms with Crippen molar-refractivity contribution in [3.8, 4) is 0 Å². The first-order chi connectivity index (χ1) is 11.4. The second kappa shape index (κ2) is 10.8. The van der Waals surface area contributed by atoms with E-state index < -0.39 is 6.10 Å². The molecule has 0 fully saturated rings. The summed E-state index contributed by atoms with van der Waals surface area (Å²) >= 11 is 19.3. The fourth-order valence-electron chi connectivity index (χ4n) is 2.04. The normalized spacial score (nSPS) is 12.6. The summed E-state index contributed by atoms with van der Waals surface area (Å²) in [5.74, 6) is 0.604. The lowest BCUT2D eigenvalue weighted by Crippen LogP contribution is -2.39. The van der Waals surface area contributed by atoms with Crippen LogP contribution >= 0.6 is 70.1 Å². The molecule has 2 aromatic rings. The van der Waals surface area contributed by atoms with E-state index >= 15 is 0 Å². The van der Waals surface area contributed by atoms with Crippen LogP contribution in [-0.2, 0) is 13.6 Å². The Morgan fingerprint density at radius 1 is 1.32 bits per heavy atom. The van der Waals surface area contributed by atoms with Gasteiger partial charge in [-0.3, -0.25) is 0 Å². The summed E-state index contributed by atoms with van der Waals surface area (Å²) in [6.45, 7) is 3.43. The van der Waals surface area contributed by atoms with Crippen molar-refractivity contribution in [2.24, 2.45) is 12.0 Å². The molecule has 3 N–H and O–H groups in total. The zero-order valence-corrected chi connectivity index (χ0v) is 19.1. The number of rotatable bonds is 6. The Morgan fingerprint density at radius 3 is 2.56 bits per heavy atom. The van der Waals surface area contributed by atoms with Crippen molar-refractivity contribution in [1.82, 2.24) is 15.2 Å². The van der Waals surface area contributed by atoms with Crippen LogP contribution < -0.4 is 10.6 Å². The Kier molecular flexibility index (Phi) is 9.91. The summed E-state index contributed by atoms with van der Waals surface area (Å²) in [5.41, 5.74) is 0.896. The molecule has 1 atom stereocenters. The number of thiophene rings is 1. The number of aliphatic hydroxyl groups excluding tert-OH is 1. The number of hydrogen-bond acceptors (Lipinski definition) is 3. The highest BCUT2D eigenvalue weighted by Gasteiger charge is 2.12. The first-order valence-corrected chi connectivity index (χ1v) is 9.32. The maximum atomic E-state index is 10.2. The molecule has 0 amide bonds. The first kappa shape index (κ1) is 22.9. The van der Waals surface area contributed by atoms with E-state index in [2.05, 4.69) is 15.6 Å². The Morgan fingerprint density at radius 2 is 2.04 bits per heavy atom. The molecule has 0 saturated heterocycles. The van der Waals surface area contributed by atoms with Crippen LogP contribution in [0.3, 0.4) is 0 Å². The standard InChI is InChI=1S/C15H19Cl3N4OS.HI/c1-3-19-15(20-7-9-6-10(16)14(18)22(9)2)21-8-11(23)12-4-5-13(17)24-12;/h4-6,11,23H,3,7-8H2,1-2H3,(H2,19,20,21);1H. The molecule has 0 bridgehead atoms. The maximum absolute atomic E-state index is 10.2. The van der Waals surface area contributed by atoms with Crippen LogP contribution in [0.2, 0.25) is 14.5 Å². The Labute approximate surface area is 183 Å². The number of aliphatic hydroxyl groups is 1. The fourth-order valence-corrected chi connectivity index (χ4v) is 3.51. The van der Waals surface area contributed by atoms with Crippen LogP contribution in [0.25, 0.3) is 0 Å². The van der Waals surface area contributed by atoms with Gasteiger partial charge in [-0.25, -0.2) is 4.99 Å². The fraction of sp³-hybridized carbons (Fsp3) is 0.400. The van der Waals surface area contributed by atoms with Gasteiger partial charge in [-0.2, -0.15) is 0 Å². The van der Waals surface area contributed by atoms with Crippen molar-refractivity contribution in [2.75, 3.05) is 13.1 Å². The summed E-state index contributed by atoms with van der Waals surface area (Å²) in [7, 11) is 1.84. The van der Waals surface area contributed by atoms with Gasteiger partial charge in [0.05, 0.1) is 15.9 Å². The monoisotopic (exact) mass is 536 g/mol. The van der Waals surface area contributed by atoms with E-state index in [4.69, 9.17) is 34.8 Å². The second-order valence-corrected chi connectivity index (χ2v) is 7.58. The highest BCUT2D eigenvalue weighted by Crippen LogP contribution is 2.27. The average Bonchev–Trinajstić information content (AvgIpc) is 3.09. The van der Waals surface area contributed by atoms with E-state index in [0.717, 1.165) is 10.6 Å². The third-order valence-electron chi connectivity index (χ3n) is 3.34. The molecule has 0 aliphatic heterocycles. The number of halogens is 4. The summed E-state index contributed by atoms with van der Waals surface area (Å²) in [5, 5.41) is 17.4. The lowest BCUT2D eigenvalue weighted by molar-refractivity contribution is 0.184. The molecule has 10 heteroatoms. The van der Waals surface area contributed by atoms with Crippen molar-refractivity contribution in [2.45, 2.75) is 19.6 Å². The topological polar surface area (TPSA) is 61.6 Å². The molecule has 2 aromatic heterocycles. The number of nitrogens with zero attached hydrogens (tertiary/aromatic N) is 2. The molecule has 140 valence electrons. The smallest absolute Gasteiger partial charge is 0.191 e. The van der Waals surface area contributed by atoms with Crippen LogP contribution in [0.4, 0.5) is 0 Å². The van der Waals surface area contributed by atoms with Crippen LogP contribution in [0.5, 0.6) is 0 Å². The van der Waals surface area contributed by atoms with Gasteiger partial charge in [0, 0.05) is 30.7 Å². The van der Waals surface area contributed by atoms with E-state index in [9.17, 15) is 5.11 Å². The lowest BCUT2D eigenvalue weighted by atomic mass is 10.3. The van der Waals surface area contributed by atoms with Gasteiger partial charge < -0.3 is 20.3 Å². The van der Waals surface area contributed by atoms with Crippen molar-refractivity contribution in [3.05, 3.63) is 43.3 Å². The van der Waals surface area contributed by atoms with Crippen LogP contribution in [0, 0.1) is 0 Å². The van der Waals surface area contributed by atoms with Crippen LogP contribution in [0.1, 0.15) is 23.6 Å². The number of aliphatic imine (C=N–C) groups is 1. The van der Waals surface area contributed by atoms with Crippen LogP contribution in [-0.4, -0.2) is 28.7 Å². The summed E-state index contributed by atoms with van der Waals surface area (Å²) < 4.78 is 2.45. The molecule has 1 unspecified atom stereocenters. The third kappa shape index (κ3) is 6.48. The third-order valence-corrected chi connectivity index (χ3v) is 5.52. The number of hydrogen-bond donors (Lipinski definition) is 3. The number of guanidine groups is 1. The lowest BCUT2D eigenvalue weighted by Gasteiger charge is -2.14. The summed E-state index contributed by atoms with van der Waals surface area (Å²) in [6.07, 6.45) is -0.648. The van der Waals surface area contributed by atoms with Crippen molar-refractivity contribution < 1.29 is 5.11 Å². The minimum Gasteiger partial charge on any atom is -0.386 e. The van der Waals surface area contributed by atoms with Crippen LogP contribution in [0.15, 0.2) is 23.2 Å². The van der Waals surface area contributed by atoms with Gasteiger partial charge in [0.25, 0.3) is 0 Å². The molecule has 0 saturated carbocycles. The van der Waals surface area contributed by atoms with Gasteiger partial charge in [0.2, 0.25) is 0 Å². The molecule has 2 heterocycles. The molecule has 0 radical (unpaired) electrons. The van der Waals surface area contributed by atoms with Crippen molar-refractivity contribution in [3.63, 3.8) is 0 Å². The molecular formula is C15H20Cl3IN4OS. The molecule has 0 aliphatic rings. The zero-order chi connectivity index (χ0) is 17.7. The summed E-state index contributed by atoms with van der Waals surface area (Å²) in [4.78, 5) is 5.30. The molecule has 0 spiro atoms. The predicted molar refractivity (Wildman–Crippen MR) is 118 cm³/mol. The minimum atomic E-state index is -0.648. The molecular weight excluding hydrogens is 518 g/mol.